The van der Waals surface area contributed by atoms with E-state index in [1.807, 2.05) is 51.4 Å². The molecule has 0 bridgehead atoms. The lowest BCUT2D eigenvalue weighted by Crippen LogP contribution is -2.39. The highest BCUT2D eigenvalue weighted by atomic mass is 35.5. The number of halogens is 1. The van der Waals surface area contributed by atoms with Crippen molar-refractivity contribution in [1.82, 2.24) is 29.5 Å². The van der Waals surface area contributed by atoms with Gasteiger partial charge < -0.3 is 19.9 Å². The van der Waals surface area contributed by atoms with E-state index in [4.69, 9.17) is 11.6 Å². The number of fused-ring (bicyclic) bond motifs is 1. The zero-order valence-electron chi connectivity index (χ0n) is 18.9. The Morgan fingerprint density at radius 1 is 1.00 bits per heavy atom. The third-order valence-corrected chi connectivity index (χ3v) is 6.32. The van der Waals surface area contributed by atoms with Gasteiger partial charge >= 0.3 is 0 Å². The lowest BCUT2D eigenvalue weighted by atomic mass is 10.1. The summed E-state index contributed by atoms with van der Waals surface area (Å²) in [5.74, 6) is 2.05. The van der Waals surface area contributed by atoms with Crippen molar-refractivity contribution >= 4 is 40.5 Å². The van der Waals surface area contributed by atoms with Crippen LogP contribution in [0.4, 0.5) is 23.3 Å². The third-order valence-electron chi connectivity index (χ3n) is 6.05. The van der Waals surface area contributed by atoms with Gasteiger partial charge in [0.1, 0.15) is 10.7 Å². The average Bonchev–Trinajstić information content (AvgIpc) is 3.20. The molecule has 0 saturated carbocycles. The molecular formula is C23H26ClN9. The normalized spacial score (nSPS) is 14.6. The molecule has 5 rings (SSSR count). The highest BCUT2D eigenvalue weighted by molar-refractivity contribution is 6.32. The summed E-state index contributed by atoms with van der Waals surface area (Å²) in [6, 6.07) is 6.30. The minimum absolute atomic E-state index is 0.269. The molecule has 5 heterocycles. The molecule has 0 spiro atoms. The monoisotopic (exact) mass is 463 g/mol. The van der Waals surface area contributed by atoms with E-state index in [0.717, 1.165) is 60.0 Å². The Morgan fingerprint density at radius 2 is 1.82 bits per heavy atom. The van der Waals surface area contributed by atoms with E-state index in [9.17, 15) is 0 Å². The molecular weight excluding hydrogens is 438 g/mol. The van der Waals surface area contributed by atoms with Crippen molar-refractivity contribution in [3.63, 3.8) is 0 Å². The summed E-state index contributed by atoms with van der Waals surface area (Å²) in [4.78, 5) is 15.8. The molecule has 170 valence electrons. The Bertz CT molecular complexity index is 1280. The SMILES string of the molecule is Cc1ccc(N2CCC(Nc3nc(Nc4ccn5c(C)cnc5c4C)ncc3Cl)CC2)nn1. The minimum atomic E-state index is 0.269. The Labute approximate surface area is 197 Å². The van der Waals surface area contributed by atoms with E-state index in [1.54, 1.807) is 6.20 Å². The van der Waals surface area contributed by atoms with Crippen LogP contribution >= 0.6 is 11.6 Å². The molecule has 33 heavy (non-hydrogen) atoms. The second-order valence-electron chi connectivity index (χ2n) is 8.40. The van der Waals surface area contributed by atoms with E-state index < -0.39 is 0 Å². The smallest absolute Gasteiger partial charge is 0.229 e. The van der Waals surface area contributed by atoms with Crippen LogP contribution in [0.3, 0.4) is 0 Å². The molecule has 0 aliphatic carbocycles. The first kappa shape index (κ1) is 21.4. The molecule has 4 aromatic heterocycles. The maximum absolute atomic E-state index is 6.41. The van der Waals surface area contributed by atoms with Gasteiger partial charge in [-0.2, -0.15) is 10.1 Å². The first-order valence-electron chi connectivity index (χ1n) is 11.0. The van der Waals surface area contributed by atoms with Gasteiger partial charge in [-0.15, -0.1) is 5.10 Å². The number of nitrogens with one attached hydrogen (secondary N) is 2. The van der Waals surface area contributed by atoms with Crippen molar-refractivity contribution < 1.29 is 0 Å². The summed E-state index contributed by atoms with van der Waals surface area (Å²) in [7, 11) is 0. The first-order valence-corrected chi connectivity index (χ1v) is 11.4. The predicted molar refractivity (Wildman–Crippen MR) is 131 cm³/mol. The molecule has 0 amide bonds. The van der Waals surface area contributed by atoms with Crippen LogP contribution in [0.2, 0.25) is 5.02 Å². The van der Waals surface area contributed by atoms with Crippen LogP contribution in [0.1, 0.15) is 29.8 Å². The van der Waals surface area contributed by atoms with Crippen molar-refractivity contribution in [2.75, 3.05) is 28.6 Å². The molecule has 9 nitrogen and oxygen atoms in total. The number of anilines is 4. The summed E-state index contributed by atoms with van der Waals surface area (Å²) in [5, 5.41) is 15.8. The lowest BCUT2D eigenvalue weighted by molar-refractivity contribution is 0.521. The fraction of sp³-hybridized carbons (Fsp3) is 0.348. The van der Waals surface area contributed by atoms with Gasteiger partial charge in [0.05, 0.1) is 11.9 Å². The van der Waals surface area contributed by atoms with Gasteiger partial charge in [0.2, 0.25) is 5.95 Å². The molecule has 0 radical (unpaired) electrons. The second kappa shape index (κ2) is 8.82. The van der Waals surface area contributed by atoms with Crippen molar-refractivity contribution in [2.45, 2.75) is 39.7 Å². The third kappa shape index (κ3) is 4.41. The van der Waals surface area contributed by atoms with Crippen molar-refractivity contribution in [3.05, 3.63) is 58.8 Å². The highest BCUT2D eigenvalue weighted by Crippen LogP contribution is 2.27. The molecule has 0 unspecified atom stereocenters. The van der Waals surface area contributed by atoms with E-state index in [0.29, 0.717) is 16.8 Å². The van der Waals surface area contributed by atoms with Gasteiger partial charge in [0, 0.05) is 48.5 Å². The maximum atomic E-state index is 6.41. The van der Waals surface area contributed by atoms with Crippen LogP contribution in [-0.2, 0) is 0 Å². The summed E-state index contributed by atoms with van der Waals surface area (Å²) in [5.41, 5.74) is 4.87. The van der Waals surface area contributed by atoms with Gasteiger partial charge in [0.15, 0.2) is 11.6 Å². The molecule has 0 aromatic carbocycles. The van der Waals surface area contributed by atoms with E-state index in [2.05, 4.69) is 45.1 Å². The first-order chi connectivity index (χ1) is 16.0. The summed E-state index contributed by atoms with van der Waals surface area (Å²) in [6.45, 7) is 7.80. The molecule has 2 N–H and O–H groups in total. The summed E-state index contributed by atoms with van der Waals surface area (Å²) >= 11 is 6.41. The fourth-order valence-corrected chi connectivity index (χ4v) is 4.24. The van der Waals surface area contributed by atoms with Gasteiger partial charge in [-0.3, -0.25) is 0 Å². The van der Waals surface area contributed by atoms with Crippen LogP contribution in [0.15, 0.2) is 36.8 Å². The second-order valence-corrected chi connectivity index (χ2v) is 8.81. The van der Waals surface area contributed by atoms with Crippen LogP contribution < -0.4 is 15.5 Å². The Morgan fingerprint density at radius 3 is 2.58 bits per heavy atom. The van der Waals surface area contributed by atoms with E-state index in [1.165, 1.54) is 0 Å². The van der Waals surface area contributed by atoms with E-state index >= 15 is 0 Å². The Balaban J connectivity index is 1.27. The number of piperidine rings is 1. The van der Waals surface area contributed by atoms with Gasteiger partial charge in [-0.25, -0.2) is 9.97 Å². The van der Waals surface area contributed by atoms with Gasteiger partial charge in [0.25, 0.3) is 0 Å². The number of rotatable bonds is 5. The number of hydrogen-bond donors (Lipinski definition) is 2. The standard InChI is InChI=1S/C23H26ClN9/c1-14-4-5-20(31-30-14)32-9-6-17(7-10-32)27-21-18(24)13-26-23(29-21)28-19-8-11-33-15(2)12-25-22(33)16(19)3/h4-5,8,11-13,17H,6-7,9-10H2,1-3H3,(H2,26,27,28,29). The van der Waals surface area contributed by atoms with Gasteiger partial charge in [-0.1, -0.05) is 11.6 Å². The molecule has 1 fully saturated rings. The summed E-state index contributed by atoms with van der Waals surface area (Å²) < 4.78 is 2.06. The topological polar surface area (TPSA) is 96.2 Å². The molecule has 0 atom stereocenters. The van der Waals surface area contributed by atoms with Crippen LogP contribution in [-0.4, -0.2) is 48.7 Å². The van der Waals surface area contributed by atoms with Crippen molar-refractivity contribution in [1.29, 1.82) is 0 Å². The van der Waals surface area contributed by atoms with Crippen LogP contribution in [0.25, 0.3) is 5.65 Å². The molecule has 1 saturated heterocycles. The molecule has 4 aromatic rings. The fourth-order valence-electron chi connectivity index (χ4n) is 4.10. The Kier molecular flexibility index (Phi) is 5.72. The Hall–Kier alpha value is -3.46. The molecule has 10 heteroatoms. The van der Waals surface area contributed by atoms with Crippen molar-refractivity contribution in [2.24, 2.45) is 0 Å². The molecule has 1 aliphatic rings. The summed E-state index contributed by atoms with van der Waals surface area (Å²) in [6.07, 6.45) is 7.39. The minimum Gasteiger partial charge on any atom is -0.366 e. The number of pyridine rings is 1. The van der Waals surface area contributed by atoms with Crippen LogP contribution in [0, 0.1) is 20.8 Å². The lowest BCUT2D eigenvalue weighted by Gasteiger charge is -2.33. The molecule has 1 aliphatic heterocycles. The van der Waals surface area contributed by atoms with Crippen molar-refractivity contribution in [3.8, 4) is 0 Å². The van der Waals surface area contributed by atoms with Gasteiger partial charge in [-0.05, 0) is 51.8 Å². The largest absolute Gasteiger partial charge is 0.366 e. The number of nitrogens with zero attached hydrogens (tertiary/aromatic N) is 7. The average molecular weight is 464 g/mol. The zero-order valence-corrected chi connectivity index (χ0v) is 19.6. The quantitative estimate of drug-likeness (QED) is 0.451. The van der Waals surface area contributed by atoms with Crippen LogP contribution in [0.5, 0.6) is 0 Å². The maximum Gasteiger partial charge on any atom is 0.229 e. The zero-order chi connectivity index (χ0) is 22.9. The van der Waals surface area contributed by atoms with E-state index in [-0.39, 0.29) is 6.04 Å². The number of hydrogen-bond acceptors (Lipinski definition) is 8. The highest BCUT2D eigenvalue weighted by Gasteiger charge is 2.22. The predicted octanol–water partition coefficient (Wildman–Crippen LogP) is 4.32. The number of aryl methyl sites for hydroxylation is 3. The number of imidazole rings is 1. The number of aromatic nitrogens is 6.